The third-order valence-corrected chi connectivity index (χ3v) is 15.5. The van der Waals surface area contributed by atoms with Gasteiger partial charge in [0.1, 0.15) is 0 Å². The number of amides is 6. The molecule has 8 atom stereocenters. The van der Waals surface area contributed by atoms with Crippen molar-refractivity contribution >= 4 is 63.2 Å². The molecule has 4 heterocycles. The van der Waals surface area contributed by atoms with Gasteiger partial charge in [0, 0.05) is 47.9 Å². The molecule has 0 aromatic heterocycles. The summed E-state index contributed by atoms with van der Waals surface area (Å²) in [6.07, 6.45) is 12.0. The number of urea groups is 2. The van der Waals surface area contributed by atoms with Crippen LogP contribution in [0.25, 0.3) is 0 Å². The maximum absolute atomic E-state index is 13.4. The zero-order valence-corrected chi connectivity index (χ0v) is 39.6. The Morgan fingerprint density at radius 3 is 1.38 bits per heavy atom. The Kier molecular flexibility index (Phi) is 27.0. The van der Waals surface area contributed by atoms with Gasteiger partial charge in [-0.1, -0.05) is 38.5 Å². The molecular formula is C38H72F2N6O11P2S2. The molecule has 4 fully saturated rings. The van der Waals surface area contributed by atoms with E-state index in [0.29, 0.717) is 49.3 Å². The second-order valence-electron chi connectivity index (χ2n) is 16.1. The average molecular weight is 953 g/mol. The number of nitrogens with one attached hydrogen (secondary N) is 6. The van der Waals surface area contributed by atoms with E-state index in [9.17, 15) is 36.7 Å². The van der Waals surface area contributed by atoms with E-state index in [1.807, 2.05) is 23.5 Å². The van der Waals surface area contributed by atoms with Crippen molar-refractivity contribution in [2.45, 2.75) is 177 Å². The van der Waals surface area contributed by atoms with E-state index < -0.39 is 28.0 Å². The smallest absolute Gasteiger partial charge is 0.412 e. The summed E-state index contributed by atoms with van der Waals surface area (Å²) in [5.41, 5.74) is 0. The Bertz CT molecular complexity index is 1330. The van der Waals surface area contributed by atoms with E-state index in [-0.39, 0.29) is 66.7 Å². The van der Waals surface area contributed by atoms with E-state index >= 15 is 0 Å². The van der Waals surface area contributed by atoms with Crippen LogP contribution in [0, 0.1) is 0 Å². The molecule has 61 heavy (non-hydrogen) atoms. The number of carbonyl (C=O) groups excluding carboxylic acids is 4. The average Bonchev–Trinajstić information content (AvgIpc) is 3.92. The molecule has 0 saturated carbocycles. The summed E-state index contributed by atoms with van der Waals surface area (Å²) in [6.45, 7) is 7.77. The van der Waals surface area contributed by atoms with Crippen molar-refractivity contribution in [1.82, 2.24) is 31.9 Å². The Balaban J connectivity index is 0.000000413. The van der Waals surface area contributed by atoms with Crippen molar-refractivity contribution < 1.29 is 60.3 Å². The van der Waals surface area contributed by atoms with Gasteiger partial charge in [-0.3, -0.25) is 27.7 Å². The summed E-state index contributed by atoms with van der Waals surface area (Å²) in [4.78, 5) is 46.6. The van der Waals surface area contributed by atoms with E-state index in [1.165, 1.54) is 0 Å². The van der Waals surface area contributed by atoms with Gasteiger partial charge in [-0.05, 0) is 79.1 Å². The molecule has 4 aliphatic rings. The number of unbranched alkanes of at least 4 members (excludes halogenated alkanes) is 8. The van der Waals surface area contributed by atoms with Crippen molar-refractivity contribution in [3.05, 3.63) is 0 Å². The molecule has 2 unspecified atom stereocenters. The summed E-state index contributed by atoms with van der Waals surface area (Å²) in [5.74, 6) is 2.05. The summed E-state index contributed by atoms with van der Waals surface area (Å²) in [5, 5.41) is 18.6. The first kappa shape index (κ1) is 55.4. The number of carbonyl (C=O) groups is 4. The van der Waals surface area contributed by atoms with E-state index in [4.69, 9.17) is 0 Å². The van der Waals surface area contributed by atoms with Gasteiger partial charge in [0.15, 0.2) is 0 Å². The van der Waals surface area contributed by atoms with E-state index in [1.54, 1.807) is 27.7 Å². The number of hydrogen-bond donors (Lipinski definition) is 6. The molecule has 0 bridgehead atoms. The minimum absolute atomic E-state index is 0. The van der Waals surface area contributed by atoms with Gasteiger partial charge in [0.05, 0.1) is 49.6 Å². The molecule has 6 amide bonds. The van der Waals surface area contributed by atoms with Gasteiger partial charge < -0.3 is 37.4 Å². The number of halogens is 2. The van der Waals surface area contributed by atoms with Crippen LogP contribution in [0.1, 0.15) is 130 Å². The lowest BCUT2D eigenvalue weighted by Crippen LogP contribution is -2.36. The molecule has 356 valence electrons. The summed E-state index contributed by atoms with van der Waals surface area (Å²) >= 11 is 3.79. The lowest BCUT2D eigenvalue weighted by molar-refractivity contribution is -0.122. The fraction of sp³-hybridized carbons (Fsp3) is 0.895. The third-order valence-electron chi connectivity index (χ3n) is 10.1. The highest BCUT2D eigenvalue weighted by atomic mass is 32.2. The molecule has 17 nitrogen and oxygen atoms in total. The van der Waals surface area contributed by atoms with Crippen LogP contribution in [0.5, 0.6) is 0 Å². The fourth-order valence-electron chi connectivity index (χ4n) is 7.25. The van der Waals surface area contributed by atoms with Gasteiger partial charge in [-0.2, -0.15) is 23.5 Å². The van der Waals surface area contributed by atoms with Crippen LogP contribution in [0.15, 0.2) is 0 Å². The van der Waals surface area contributed by atoms with Crippen LogP contribution in [0.4, 0.5) is 18.0 Å². The van der Waals surface area contributed by atoms with E-state index in [2.05, 4.69) is 50.0 Å². The second-order valence-corrected chi connectivity index (χ2v) is 21.3. The number of thioether (sulfide) groups is 2. The Labute approximate surface area is 369 Å². The maximum atomic E-state index is 13.4. The second kappa shape index (κ2) is 29.7. The molecule has 4 saturated heterocycles. The highest BCUT2D eigenvalue weighted by molar-refractivity contribution is 8.00. The van der Waals surface area contributed by atoms with Crippen LogP contribution in [0.3, 0.4) is 0 Å². The van der Waals surface area contributed by atoms with Gasteiger partial charge in [0.25, 0.3) is 0 Å². The molecule has 0 aromatic rings. The Hall–Kier alpha value is -1.70. The minimum atomic E-state index is -4.43. The quantitative estimate of drug-likeness (QED) is 0.0243. The lowest BCUT2D eigenvalue weighted by Gasteiger charge is -2.16. The minimum Gasteiger partial charge on any atom is -0.412 e. The number of fused-ring (bicyclic) bond motifs is 2. The molecule has 0 aromatic carbocycles. The van der Waals surface area contributed by atoms with Crippen LogP contribution < -0.4 is 31.9 Å². The van der Waals surface area contributed by atoms with Gasteiger partial charge in [-0.25, -0.2) is 18.7 Å². The first-order valence-electron chi connectivity index (χ1n) is 21.7. The lowest BCUT2D eigenvalue weighted by atomic mass is 10.0. The number of hydrogen-bond acceptors (Lipinski definition) is 12. The monoisotopic (exact) mass is 952 g/mol. The fourth-order valence-corrected chi connectivity index (χ4v) is 12.2. The highest BCUT2D eigenvalue weighted by Crippen LogP contribution is 2.51. The molecule has 0 radical (unpaired) electrons. The Morgan fingerprint density at radius 2 is 1.00 bits per heavy atom. The topological polar surface area (TPSA) is 243 Å². The van der Waals surface area contributed by atoms with Crippen molar-refractivity contribution in [2.24, 2.45) is 0 Å². The van der Waals surface area contributed by atoms with Gasteiger partial charge in [0.2, 0.25) is 11.8 Å². The molecule has 23 heteroatoms. The van der Waals surface area contributed by atoms with E-state index in [0.717, 1.165) is 88.6 Å². The first-order valence-corrected chi connectivity index (χ1v) is 26.7. The summed E-state index contributed by atoms with van der Waals surface area (Å²) in [6, 6.07) is 0.812. The zero-order valence-electron chi connectivity index (χ0n) is 36.2. The third kappa shape index (κ3) is 23.7. The van der Waals surface area contributed by atoms with Crippen molar-refractivity contribution in [3.63, 3.8) is 0 Å². The SMILES string of the molecule is CC(C)OP(=O)(F)OCCCCCCNC(=O)CCCC[C@@H]1SC[C@@H]2NC(=O)N[C@@H]21.CC(C)OP(=O)(F)OCCCCCCNC(=O)CCCC[C@@H]1SC[C@@H]2NC(=O)N[C@@H]21.O. The predicted octanol–water partition coefficient (Wildman–Crippen LogP) is 6.99. The van der Waals surface area contributed by atoms with Crippen molar-refractivity contribution in [2.75, 3.05) is 37.8 Å². The molecular weight excluding hydrogens is 881 g/mol. The van der Waals surface area contributed by atoms with Crippen LogP contribution in [-0.2, 0) is 36.8 Å². The number of rotatable bonds is 30. The highest BCUT2D eigenvalue weighted by Gasteiger charge is 2.43. The standard InChI is InChI=1S/2C19H35FN3O5PS.H2O/c2*1-14(2)28-29(20,26)27-12-8-4-3-7-11-21-17(24)10-6-5-9-16-18-15(13-30-16)22-19(25)23-18;/h2*14-16,18H,3-13H2,1-2H3,(H,21,24)(H2,22,23,25);1H2/t2*15-,16-,18-,29?;/m00./s1. The largest absolute Gasteiger partial charge is 0.513 e. The molecule has 8 N–H and O–H groups in total. The predicted molar refractivity (Wildman–Crippen MR) is 236 cm³/mol. The van der Waals surface area contributed by atoms with Gasteiger partial charge in [-0.15, -0.1) is 8.39 Å². The van der Waals surface area contributed by atoms with Crippen LogP contribution in [0.2, 0.25) is 0 Å². The zero-order chi connectivity index (χ0) is 44.0. The van der Waals surface area contributed by atoms with Crippen LogP contribution in [-0.4, -0.2) is 114 Å². The summed E-state index contributed by atoms with van der Waals surface area (Å²) < 4.78 is 67.9. The molecule has 0 aliphatic carbocycles. The molecule has 4 aliphatic heterocycles. The molecule has 0 spiro atoms. The molecule has 4 rings (SSSR count). The normalized spacial score (nSPS) is 24.5. The maximum Gasteiger partial charge on any atom is 0.513 e. The first-order chi connectivity index (χ1) is 28.5. The summed E-state index contributed by atoms with van der Waals surface area (Å²) in [7, 11) is -8.86. The van der Waals surface area contributed by atoms with Crippen molar-refractivity contribution in [3.8, 4) is 0 Å². The van der Waals surface area contributed by atoms with Crippen LogP contribution >= 0.6 is 39.3 Å². The Morgan fingerprint density at radius 1 is 0.623 bits per heavy atom. The van der Waals surface area contributed by atoms with Crippen molar-refractivity contribution in [1.29, 1.82) is 0 Å². The van der Waals surface area contributed by atoms with Gasteiger partial charge >= 0.3 is 27.9 Å².